The minimum absolute atomic E-state index is 0.179. The second-order valence-corrected chi connectivity index (χ2v) is 5.19. The molecule has 0 aliphatic heterocycles. The van der Waals surface area contributed by atoms with Gasteiger partial charge in [-0.05, 0) is 36.5 Å². The average Bonchev–Trinajstić information content (AvgIpc) is 3.28. The predicted molar refractivity (Wildman–Crippen MR) is 78.8 cm³/mol. The highest BCUT2D eigenvalue weighted by Crippen LogP contribution is 2.29. The topological polar surface area (TPSA) is 69.6 Å². The SMILES string of the molecule is C#CCN(CC1CC1)C(=O)NCc1ccc(C(=O)O)cc1. The molecule has 0 radical (unpaired) electrons. The summed E-state index contributed by atoms with van der Waals surface area (Å²) in [6, 6.07) is 6.24. The number of carboxylic acid groups (broad SMARTS) is 1. The van der Waals surface area contributed by atoms with E-state index in [1.54, 1.807) is 17.0 Å². The number of amides is 2. The lowest BCUT2D eigenvalue weighted by Gasteiger charge is -2.20. The third-order valence-corrected chi connectivity index (χ3v) is 3.39. The smallest absolute Gasteiger partial charge is 0.335 e. The first-order valence-electron chi connectivity index (χ1n) is 6.88. The summed E-state index contributed by atoms with van der Waals surface area (Å²) in [4.78, 5) is 24.5. The lowest BCUT2D eigenvalue weighted by atomic mass is 10.1. The Kier molecular flexibility index (Phi) is 4.83. The Hall–Kier alpha value is -2.48. The van der Waals surface area contributed by atoms with Crippen LogP contribution in [0.15, 0.2) is 24.3 Å². The van der Waals surface area contributed by atoms with Crippen molar-refractivity contribution in [2.24, 2.45) is 5.92 Å². The van der Waals surface area contributed by atoms with Gasteiger partial charge in [0.15, 0.2) is 0 Å². The molecule has 0 bridgehead atoms. The van der Waals surface area contributed by atoms with E-state index in [0.717, 1.165) is 18.4 Å². The lowest BCUT2D eigenvalue weighted by molar-refractivity contribution is 0.0697. The Morgan fingerprint density at radius 1 is 1.33 bits per heavy atom. The summed E-state index contributed by atoms with van der Waals surface area (Å²) in [5, 5.41) is 11.6. The van der Waals surface area contributed by atoms with E-state index in [9.17, 15) is 9.59 Å². The van der Waals surface area contributed by atoms with E-state index in [4.69, 9.17) is 11.5 Å². The van der Waals surface area contributed by atoms with Crippen LogP contribution in [0.5, 0.6) is 0 Å². The molecule has 1 fully saturated rings. The summed E-state index contributed by atoms with van der Waals surface area (Å²) >= 11 is 0. The van der Waals surface area contributed by atoms with Gasteiger partial charge in [-0.2, -0.15) is 0 Å². The maximum absolute atomic E-state index is 12.1. The molecule has 0 saturated heterocycles. The van der Waals surface area contributed by atoms with Gasteiger partial charge in [0, 0.05) is 13.1 Å². The molecule has 1 aromatic rings. The first-order chi connectivity index (χ1) is 10.1. The van der Waals surface area contributed by atoms with Crippen molar-refractivity contribution < 1.29 is 14.7 Å². The summed E-state index contributed by atoms with van der Waals surface area (Å²) in [7, 11) is 0. The molecule has 0 heterocycles. The monoisotopic (exact) mass is 286 g/mol. The van der Waals surface area contributed by atoms with Crippen molar-refractivity contribution in [2.45, 2.75) is 19.4 Å². The Morgan fingerprint density at radius 2 is 2.00 bits per heavy atom. The van der Waals surface area contributed by atoms with Crippen molar-refractivity contribution in [3.63, 3.8) is 0 Å². The molecule has 1 aliphatic rings. The number of rotatable bonds is 6. The average molecular weight is 286 g/mol. The van der Waals surface area contributed by atoms with Gasteiger partial charge >= 0.3 is 12.0 Å². The first kappa shape index (κ1) is 14.9. The van der Waals surface area contributed by atoms with Crippen LogP contribution in [-0.4, -0.2) is 35.1 Å². The largest absolute Gasteiger partial charge is 0.478 e. The Balaban J connectivity index is 1.86. The van der Waals surface area contributed by atoms with Gasteiger partial charge in [0.2, 0.25) is 0 Å². The van der Waals surface area contributed by atoms with Crippen LogP contribution in [0.25, 0.3) is 0 Å². The number of terminal acetylenes is 1. The summed E-state index contributed by atoms with van der Waals surface area (Å²) < 4.78 is 0. The zero-order chi connectivity index (χ0) is 15.2. The number of urea groups is 1. The van der Waals surface area contributed by atoms with Crippen LogP contribution in [0.3, 0.4) is 0 Å². The number of benzene rings is 1. The van der Waals surface area contributed by atoms with Gasteiger partial charge in [-0.25, -0.2) is 9.59 Å². The molecule has 0 spiro atoms. The van der Waals surface area contributed by atoms with Gasteiger partial charge in [0.05, 0.1) is 12.1 Å². The molecular formula is C16H18N2O3. The highest BCUT2D eigenvalue weighted by atomic mass is 16.4. The Morgan fingerprint density at radius 3 is 2.52 bits per heavy atom. The minimum Gasteiger partial charge on any atom is -0.478 e. The van der Waals surface area contributed by atoms with Crippen molar-refractivity contribution in [3.05, 3.63) is 35.4 Å². The fourth-order valence-electron chi connectivity index (χ4n) is 2.00. The van der Waals surface area contributed by atoms with Crippen LogP contribution in [0, 0.1) is 18.3 Å². The lowest BCUT2D eigenvalue weighted by Crippen LogP contribution is -2.41. The molecule has 5 heteroatoms. The Labute approximate surface area is 124 Å². The summed E-state index contributed by atoms with van der Waals surface area (Å²) in [5.41, 5.74) is 1.08. The zero-order valence-corrected chi connectivity index (χ0v) is 11.7. The van der Waals surface area contributed by atoms with Crippen LogP contribution in [0.4, 0.5) is 4.79 Å². The molecule has 5 nitrogen and oxygen atoms in total. The van der Waals surface area contributed by atoms with E-state index in [1.807, 2.05) is 0 Å². The van der Waals surface area contributed by atoms with E-state index in [-0.39, 0.29) is 11.6 Å². The molecule has 110 valence electrons. The summed E-state index contributed by atoms with van der Waals surface area (Å²) in [6.45, 7) is 1.36. The maximum Gasteiger partial charge on any atom is 0.335 e. The highest BCUT2D eigenvalue weighted by Gasteiger charge is 2.26. The van der Waals surface area contributed by atoms with Crippen LogP contribution in [-0.2, 0) is 6.54 Å². The molecule has 2 amide bonds. The van der Waals surface area contributed by atoms with Crippen LogP contribution >= 0.6 is 0 Å². The number of nitrogens with zero attached hydrogens (tertiary/aromatic N) is 1. The van der Waals surface area contributed by atoms with Gasteiger partial charge in [0.1, 0.15) is 0 Å². The number of carboxylic acids is 1. The van der Waals surface area contributed by atoms with Crippen LogP contribution in [0.2, 0.25) is 0 Å². The minimum atomic E-state index is -0.963. The van der Waals surface area contributed by atoms with Gasteiger partial charge in [-0.3, -0.25) is 0 Å². The molecule has 0 atom stereocenters. The fourth-order valence-corrected chi connectivity index (χ4v) is 2.00. The third-order valence-electron chi connectivity index (χ3n) is 3.39. The molecule has 2 rings (SSSR count). The number of carbonyl (C=O) groups excluding carboxylic acids is 1. The molecular weight excluding hydrogens is 268 g/mol. The zero-order valence-electron chi connectivity index (χ0n) is 11.7. The van der Waals surface area contributed by atoms with Gasteiger partial charge in [-0.1, -0.05) is 18.1 Å². The number of nitrogens with one attached hydrogen (secondary N) is 1. The number of carbonyl (C=O) groups is 2. The van der Waals surface area contributed by atoms with Crippen molar-refractivity contribution in [3.8, 4) is 12.3 Å². The first-order valence-corrected chi connectivity index (χ1v) is 6.88. The van der Waals surface area contributed by atoms with E-state index >= 15 is 0 Å². The molecule has 0 unspecified atom stereocenters. The van der Waals surface area contributed by atoms with Gasteiger partial charge < -0.3 is 15.3 Å². The Bertz CT molecular complexity index is 556. The quantitative estimate of drug-likeness (QED) is 0.785. The molecule has 2 N–H and O–H groups in total. The number of aromatic carboxylic acids is 1. The number of hydrogen-bond donors (Lipinski definition) is 2. The number of hydrogen-bond acceptors (Lipinski definition) is 2. The molecule has 1 aromatic carbocycles. The van der Waals surface area contributed by atoms with E-state index in [0.29, 0.717) is 25.6 Å². The third kappa shape index (κ3) is 4.53. The van der Waals surface area contributed by atoms with Gasteiger partial charge in [-0.15, -0.1) is 6.42 Å². The second-order valence-electron chi connectivity index (χ2n) is 5.19. The summed E-state index contributed by atoms with van der Waals surface area (Å²) in [5.74, 6) is 2.12. The van der Waals surface area contributed by atoms with Crippen molar-refractivity contribution in [1.29, 1.82) is 0 Å². The standard InChI is InChI=1S/C16H18N2O3/c1-2-9-18(11-13-3-4-13)16(21)17-10-12-5-7-14(8-6-12)15(19)20/h1,5-8,13H,3-4,9-11H2,(H,17,21)(H,19,20). The fraction of sp³-hybridized carbons (Fsp3) is 0.375. The molecule has 1 aliphatic carbocycles. The van der Waals surface area contributed by atoms with E-state index in [1.165, 1.54) is 12.1 Å². The van der Waals surface area contributed by atoms with Crippen molar-refractivity contribution in [1.82, 2.24) is 10.2 Å². The normalized spacial score (nSPS) is 13.3. The molecule has 0 aromatic heterocycles. The van der Waals surface area contributed by atoms with Crippen LogP contribution in [0.1, 0.15) is 28.8 Å². The predicted octanol–water partition coefficient (Wildman–Crippen LogP) is 1.94. The van der Waals surface area contributed by atoms with Crippen molar-refractivity contribution in [2.75, 3.05) is 13.1 Å². The van der Waals surface area contributed by atoms with E-state index < -0.39 is 5.97 Å². The molecule has 21 heavy (non-hydrogen) atoms. The van der Waals surface area contributed by atoms with Crippen LogP contribution < -0.4 is 5.32 Å². The second kappa shape index (κ2) is 6.80. The maximum atomic E-state index is 12.1. The highest BCUT2D eigenvalue weighted by molar-refractivity contribution is 5.87. The summed E-state index contributed by atoms with van der Waals surface area (Å²) in [6.07, 6.45) is 7.60. The van der Waals surface area contributed by atoms with Gasteiger partial charge in [0.25, 0.3) is 0 Å². The van der Waals surface area contributed by atoms with E-state index in [2.05, 4.69) is 11.2 Å². The molecule has 1 saturated carbocycles. The van der Waals surface area contributed by atoms with Crippen molar-refractivity contribution >= 4 is 12.0 Å².